The van der Waals surface area contributed by atoms with E-state index in [0.717, 1.165) is 11.1 Å². The maximum atomic E-state index is 9.13. The summed E-state index contributed by atoms with van der Waals surface area (Å²) in [4.78, 5) is 4.20. The van der Waals surface area contributed by atoms with Crippen molar-refractivity contribution in [1.29, 1.82) is 5.26 Å². The molecule has 0 aliphatic heterocycles. The van der Waals surface area contributed by atoms with Crippen LogP contribution >= 0.6 is 23.2 Å². The maximum Gasteiger partial charge on any atom is 0.181 e. The van der Waals surface area contributed by atoms with Gasteiger partial charge in [-0.15, -0.1) is 0 Å². The highest BCUT2D eigenvalue weighted by atomic mass is 35.5. The van der Waals surface area contributed by atoms with E-state index in [2.05, 4.69) is 15.2 Å². The lowest BCUT2D eigenvalue weighted by Crippen LogP contribution is -2.31. The lowest BCUT2D eigenvalue weighted by molar-refractivity contribution is 0.485. The molecule has 0 atom stereocenters. The Kier molecular flexibility index (Phi) is 7.38. The molecule has 0 saturated carbocycles. The summed E-state index contributed by atoms with van der Waals surface area (Å²) >= 11 is 12.3. The fourth-order valence-electron chi connectivity index (χ4n) is 3.00. The van der Waals surface area contributed by atoms with E-state index in [1.165, 1.54) is 17.1 Å². The Morgan fingerprint density at radius 2 is 1.97 bits per heavy atom. The average Bonchev–Trinajstić information content (AvgIpc) is 3.20. The van der Waals surface area contributed by atoms with Crippen LogP contribution < -0.4 is 21.3 Å². The van der Waals surface area contributed by atoms with Crippen LogP contribution in [0.1, 0.15) is 25.1 Å². The number of nitrogens with two attached hydrogens (primary N) is 2. The molecule has 5 N–H and O–H groups in total. The molecule has 0 aliphatic rings. The first-order valence-electron chi connectivity index (χ1n) is 9.73. The Balaban J connectivity index is 0.00000141. The molecule has 164 valence electrons. The van der Waals surface area contributed by atoms with E-state index in [1.54, 1.807) is 24.4 Å². The Bertz CT molecular complexity index is 1280. The van der Waals surface area contributed by atoms with Crippen molar-refractivity contribution in [3.63, 3.8) is 0 Å². The van der Waals surface area contributed by atoms with Gasteiger partial charge >= 0.3 is 0 Å². The number of nitrogens with zero attached hydrogens (tertiary/aromatic N) is 4. The topological polar surface area (TPSA) is 130 Å². The summed E-state index contributed by atoms with van der Waals surface area (Å²) < 4.78 is 5.85. The largest absolute Gasteiger partial charge is 0.453 e. The van der Waals surface area contributed by atoms with Crippen molar-refractivity contribution in [3.8, 4) is 17.6 Å². The Morgan fingerprint density at radius 3 is 2.72 bits per heavy atom. The van der Waals surface area contributed by atoms with Gasteiger partial charge in [0.1, 0.15) is 11.4 Å². The first-order chi connectivity index (χ1) is 15.5. The molecule has 4 aromatic rings. The van der Waals surface area contributed by atoms with E-state index < -0.39 is 0 Å². The first kappa shape index (κ1) is 23.2. The van der Waals surface area contributed by atoms with Gasteiger partial charge in [-0.1, -0.05) is 37.0 Å². The first-order valence-corrected chi connectivity index (χ1v) is 10.5. The van der Waals surface area contributed by atoms with Gasteiger partial charge in [0.2, 0.25) is 0 Å². The highest BCUT2D eigenvalue weighted by Crippen LogP contribution is 2.41. The zero-order valence-electron chi connectivity index (χ0n) is 17.4. The number of benzene rings is 2. The third-order valence-corrected chi connectivity index (χ3v) is 4.91. The summed E-state index contributed by atoms with van der Waals surface area (Å²) in [6.45, 7) is 4.29. The zero-order valence-corrected chi connectivity index (χ0v) is 18.9. The molecule has 0 aliphatic carbocycles. The van der Waals surface area contributed by atoms with Crippen LogP contribution in [0.15, 0.2) is 48.7 Å². The lowest BCUT2D eigenvalue weighted by atomic mass is 10.2. The number of H-pyrrole nitrogens is 1. The third kappa shape index (κ3) is 4.86. The number of hydrogen-bond acceptors (Lipinski definition) is 7. The molecular formula is C22H21Cl2N7O. The summed E-state index contributed by atoms with van der Waals surface area (Å²) in [7, 11) is 0. The molecule has 2 heterocycles. The predicted molar refractivity (Wildman–Crippen MR) is 128 cm³/mol. The molecule has 8 nitrogen and oxygen atoms in total. The van der Waals surface area contributed by atoms with Crippen LogP contribution in [0.4, 0.5) is 11.4 Å². The van der Waals surface area contributed by atoms with Gasteiger partial charge in [0.15, 0.2) is 11.4 Å². The number of hydrogen-bond donors (Lipinski definition) is 3. The van der Waals surface area contributed by atoms with Crippen LogP contribution in [0.2, 0.25) is 10.0 Å². The molecule has 0 amide bonds. The minimum absolute atomic E-state index is 0.215. The average molecular weight is 470 g/mol. The molecule has 2 aromatic carbocycles. The number of aromatic nitrogens is 3. The van der Waals surface area contributed by atoms with Crippen LogP contribution in [0.25, 0.3) is 11.0 Å². The van der Waals surface area contributed by atoms with E-state index in [1.807, 2.05) is 32.0 Å². The van der Waals surface area contributed by atoms with E-state index in [9.17, 15) is 0 Å². The number of hydrazine groups is 1. The Labute approximate surface area is 195 Å². The van der Waals surface area contributed by atoms with Crippen LogP contribution in [0, 0.1) is 11.3 Å². The Morgan fingerprint density at radius 1 is 1.19 bits per heavy atom. The highest BCUT2D eigenvalue weighted by molar-refractivity contribution is 6.33. The van der Waals surface area contributed by atoms with E-state index in [4.69, 9.17) is 44.8 Å². The van der Waals surface area contributed by atoms with Crippen molar-refractivity contribution >= 4 is 45.6 Å². The number of anilines is 2. The molecule has 10 heteroatoms. The number of nitriles is 1. The van der Waals surface area contributed by atoms with Gasteiger partial charge in [-0.3, -0.25) is 5.10 Å². The van der Waals surface area contributed by atoms with Crippen LogP contribution in [0.5, 0.6) is 11.5 Å². The number of pyridine rings is 1. The van der Waals surface area contributed by atoms with E-state index in [-0.39, 0.29) is 11.4 Å². The summed E-state index contributed by atoms with van der Waals surface area (Å²) in [6, 6.07) is 13.7. The molecule has 0 radical (unpaired) electrons. The second-order valence-electron chi connectivity index (χ2n) is 6.40. The molecule has 4 rings (SSSR count). The van der Waals surface area contributed by atoms with Gasteiger partial charge in [-0.05, 0) is 42.5 Å². The van der Waals surface area contributed by atoms with Gasteiger partial charge in [0.25, 0.3) is 0 Å². The van der Waals surface area contributed by atoms with Crippen molar-refractivity contribution in [2.24, 2.45) is 5.84 Å². The number of aromatic amines is 1. The molecular weight excluding hydrogens is 449 g/mol. The van der Waals surface area contributed by atoms with E-state index >= 15 is 0 Å². The summed E-state index contributed by atoms with van der Waals surface area (Å²) in [5.74, 6) is 6.83. The third-order valence-electron chi connectivity index (χ3n) is 4.39. The number of rotatable bonds is 5. The fourth-order valence-corrected chi connectivity index (χ4v) is 3.43. The summed E-state index contributed by atoms with van der Waals surface area (Å²) in [5, 5.41) is 19.2. The number of nitrogen functional groups attached to an aromatic ring is 1. The van der Waals surface area contributed by atoms with Crippen molar-refractivity contribution in [2.45, 2.75) is 20.4 Å². The van der Waals surface area contributed by atoms with Crippen molar-refractivity contribution < 1.29 is 4.74 Å². The normalized spacial score (nSPS) is 10.2. The van der Waals surface area contributed by atoms with Crippen LogP contribution in [-0.2, 0) is 6.54 Å². The minimum atomic E-state index is 0.215. The van der Waals surface area contributed by atoms with Gasteiger partial charge in [0.05, 0.1) is 34.6 Å². The monoisotopic (exact) mass is 469 g/mol. The minimum Gasteiger partial charge on any atom is -0.453 e. The molecule has 0 spiro atoms. The second kappa shape index (κ2) is 10.2. The summed E-state index contributed by atoms with van der Waals surface area (Å²) in [5.41, 5.74) is 8.79. The van der Waals surface area contributed by atoms with Gasteiger partial charge in [0, 0.05) is 16.6 Å². The number of ether oxygens (including phenoxy) is 1. The fraction of sp³-hybridized carbons (Fsp3) is 0.136. The predicted octanol–water partition coefficient (Wildman–Crippen LogP) is 5.42. The quantitative estimate of drug-likeness (QED) is 0.202. The number of fused-ring (bicyclic) bond motifs is 1. The standard InChI is InChI=1S/C20H15Cl2N7O.C2H6/c21-12-6-11(9-23)7-13(8-12)30-19-15(22)3-4-17(18(19)24)29(25)10-16-14-2-1-5-26-20(14)28-27-16;1-2/h1-8H,10,24-25H2,(H,26,27,28);1-2H3. The maximum absolute atomic E-state index is 9.13. The summed E-state index contributed by atoms with van der Waals surface area (Å²) in [6.07, 6.45) is 1.67. The van der Waals surface area contributed by atoms with Crippen LogP contribution in [0.3, 0.4) is 0 Å². The molecule has 0 saturated heterocycles. The van der Waals surface area contributed by atoms with Gasteiger partial charge in [-0.25, -0.2) is 10.8 Å². The molecule has 32 heavy (non-hydrogen) atoms. The molecule has 0 unspecified atom stereocenters. The SMILES string of the molecule is CC.N#Cc1cc(Cl)cc(Oc2c(Cl)ccc(N(N)Cc3[nH]nc4ncccc34)c2N)c1. The van der Waals surface area contributed by atoms with Gasteiger partial charge < -0.3 is 15.5 Å². The number of halogens is 2. The highest BCUT2D eigenvalue weighted by Gasteiger charge is 2.18. The van der Waals surface area contributed by atoms with Crippen molar-refractivity contribution in [1.82, 2.24) is 15.2 Å². The zero-order chi connectivity index (χ0) is 23.3. The van der Waals surface area contributed by atoms with Gasteiger partial charge in [-0.2, -0.15) is 10.4 Å². The van der Waals surface area contributed by atoms with E-state index in [0.29, 0.717) is 39.2 Å². The number of nitrogens with one attached hydrogen (secondary N) is 1. The Hall–Kier alpha value is -3.51. The smallest absolute Gasteiger partial charge is 0.181 e. The molecule has 0 fully saturated rings. The van der Waals surface area contributed by atoms with Crippen molar-refractivity contribution in [2.75, 3.05) is 10.7 Å². The lowest BCUT2D eigenvalue weighted by Gasteiger charge is -2.22. The van der Waals surface area contributed by atoms with Crippen molar-refractivity contribution in [3.05, 3.63) is 70.0 Å². The van der Waals surface area contributed by atoms with Crippen LogP contribution in [-0.4, -0.2) is 15.2 Å². The second-order valence-corrected chi connectivity index (χ2v) is 7.25. The molecule has 0 bridgehead atoms. The molecule has 2 aromatic heterocycles.